The molecule has 19 heteroatoms. The van der Waals surface area contributed by atoms with Gasteiger partial charge in [0.15, 0.2) is 0 Å². The first-order chi connectivity index (χ1) is 37.6. The quantitative estimate of drug-likeness (QED) is 0.0538. The van der Waals surface area contributed by atoms with E-state index in [0.29, 0.717) is 73.2 Å². The first-order valence-corrected chi connectivity index (χ1v) is 24.9. The molecule has 0 aliphatic carbocycles. The molecule has 0 aromatic heterocycles. The molecule has 1 atom stereocenters. The van der Waals surface area contributed by atoms with Gasteiger partial charge in [-0.1, -0.05) is 18.2 Å². The number of aromatic carboxylic acids is 2. The lowest BCUT2D eigenvalue weighted by Crippen LogP contribution is -2.41. The summed E-state index contributed by atoms with van der Waals surface area (Å²) in [7, 11) is 1.41. The zero-order valence-electron chi connectivity index (χ0n) is 45.7. The Morgan fingerprint density at radius 3 is 1.15 bits per heavy atom. The molecule has 80 heavy (non-hydrogen) atoms. The standard InChI is InChI=1S/C61H57F3N8O8/c1-30-19-43(20-31(2)38(30)9)69-70-45-25-36(7)53(37(8)26-45)68-57(76)50-29-42(16-18-48(50)59(79)80)60(10,61(62,63)64)41-14-12-13-39(27-41)55(74)66-51-32(3)21-44(22-33(51)4)71-72-46-23-34(5)52(35(6)24-46)67-56(75)49-28-40(54(73)65-11)15-17-47(49)58(77)78/h12-29H,1-11H3,(H,65,73)(H,66,74)(H,67,75)(H,68,76)(H,77,78)(H,79,80)/b70-69+,72-71+. The van der Waals surface area contributed by atoms with Crippen molar-refractivity contribution in [1.82, 2.24) is 5.32 Å². The number of carboxylic acid groups (broad SMARTS) is 2. The predicted octanol–water partition coefficient (Wildman–Crippen LogP) is 14.7. The second-order valence-electron chi connectivity index (χ2n) is 19.7. The molecule has 0 saturated carbocycles. The molecule has 7 rings (SSSR count). The molecule has 4 amide bonds. The second kappa shape index (κ2) is 23.1. The van der Waals surface area contributed by atoms with Gasteiger partial charge in [-0.15, -0.1) is 0 Å². The summed E-state index contributed by atoms with van der Waals surface area (Å²) in [5.41, 5.74) is 4.39. The molecule has 7 aromatic rings. The Hall–Kier alpha value is -9.65. The number of nitrogens with zero attached hydrogens (tertiary/aromatic N) is 4. The minimum absolute atomic E-state index is 0.102. The van der Waals surface area contributed by atoms with Crippen molar-refractivity contribution in [2.75, 3.05) is 23.0 Å². The minimum atomic E-state index is -5.03. The third-order valence-electron chi connectivity index (χ3n) is 14.1. The van der Waals surface area contributed by atoms with Gasteiger partial charge >= 0.3 is 18.1 Å². The van der Waals surface area contributed by atoms with Crippen LogP contribution in [0.25, 0.3) is 0 Å². The Morgan fingerprint density at radius 1 is 0.412 bits per heavy atom. The summed E-state index contributed by atoms with van der Waals surface area (Å²) in [4.78, 5) is 78.1. The summed E-state index contributed by atoms with van der Waals surface area (Å²) >= 11 is 0. The van der Waals surface area contributed by atoms with Crippen LogP contribution in [0.4, 0.5) is 53.0 Å². The van der Waals surface area contributed by atoms with Crippen LogP contribution in [-0.4, -0.2) is 59.0 Å². The van der Waals surface area contributed by atoms with Gasteiger partial charge in [0.1, 0.15) is 5.41 Å². The maximum absolute atomic E-state index is 15.6. The first kappa shape index (κ1) is 58.0. The normalized spacial score (nSPS) is 12.3. The van der Waals surface area contributed by atoms with Gasteiger partial charge in [-0.3, -0.25) is 19.2 Å². The molecule has 16 nitrogen and oxygen atoms in total. The summed E-state index contributed by atoms with van der Waals surface area (Å²) in [6.45, 7) is 17.1. The highest BCUT2D eigenvalue weighted by atomic mass is 19.4. The largest absolute Gasteiger partial charge is 0.478 e. The molecule has 0 radical (unpaired) electrons. The van der Waals surface area contributed by atoms with Crippen LogP contribution in [0.5, 0.6) is 0 Å². The Morgan fingerprint density at radius 2 is 0.762 bits per heavy atom. The maximum atomic E-state index is 15.6. The van der Waals surface area contributed by atoms with Crippen LogP contribution in [0.3, 0.4) is 0 Å². The highest BCUT2D eigenvalue weighted by Gasteiger charge is 2.54. The van der Waals surface area contributed by atoms with Crippen molar-refractivity contribution >= 4 is 75.4 Å². The Labute approximate surface area is 459 Å². The number of carbonyl (C=O) groups excluding carboxylic acids is 4. The SMILES string of the molecule is CNC(=O)c1ccc(C(=O)O)c(C(=O)Nc2c(C)cc(/N=N/c3cc(C)c(NC(=O)c4cccc(C(C)(c5ccc(C(=O)O)c(C(=O)Nc6c(C)cc(/N=N/c7cc(C)c(C)c(C)c7)cc6C)c5)C(F)(F)F)c4)c(C)c3)cc2C)c1. The first-order valence-electron chi connectivity index (χ1n) is 24.9. The van der Waals surface area contributed by atoms with Gasteiger partial charge < -0.3 is 31.5 Å². The fourth-order valence-corrected chi connectivity index (χ4v) is 9.33. The van der Waals surface area contributed by atoms with E-state index in [0.717, 1.165) is 47.9 Å². The van der Waals surface area contributed by atoms with E-state index in [1.54, 1.807) is 77.9 Å². The number of carbonyl (C=O) groups is 6. The summed E-state index contributed by atoms with van der Waals surface area (Å²) in [6.07, 6.45) is -5.03. The lowest BCUT2D eigenvalue weighted by atomic mass is 9.74. The number of anilines is 3. The smallest absolute Gasteiger partial charge is 0.402 e. The highest BCUT2D eigenvalue weighted by molar-refractivity contribution is 6.13. The van der Waals surface area contributed by atoms with Crippen LogP contribution in [0.1, 0.15) is 130 Å². The number of hydrogen-bond acceptors (Lipinski definition) is 10. The molecule has 0 saturated heterocycles. The van der Waals surface area contributed by atoms with E-state index in [9.17, 15) is 39.0 Å². The molecule has 1 unspecified atom stereocenters. The van der Waals surface area contributed by atoms with Crippen molar-refractivity contribution in [2.45, 2.75) is 80.8 Å². The van der Waals surface area contributed by atoms with E-state index < -0.39 is 63.8 Å². The number of carboxylic acids is 2. The van der Waals surface area contributed by atoms with Gasteiger partial charge in [0, 0.05) is 35.2 Å². The average molecular weight is 1090 g/mol. The monoisotopic (exact) mass is 1090 g/mol. The van der Waals surface area contributed by atoms with E-state index in [4.69, 9.17) is 0 Å². The third-order valence-corrected chi connectivity index (χ3v) is 14.1. The number of amides is 4. The summed E-state index contributed by atoms with van der Waals surface area (Å²) in [5.74, 6) is -5.81. The van der Waals surface area contributed by atoms with Gasteiger partial charge in [-0.2, -0.15) is 33.6 Å². The molecular formula is C61H57F3N8O8. The number of nitrogens with one attached hydrogen (secondary N) is 4. The number of benzene rings is 7. The van der Waals surface area contributed by atoms with Crippen LogP contribution in [0.15, 0.2) is 130 Å². The average Bonchev–Trinajstić information content (AvgIpc) is 3.40. The Balaban J connectivity index is 1.10. The van der Waals surface area contributed by atoms with Crippen LogP contribution in [-0.2, 0) is 5.41 Å². The number of aryl methyl sites for hydroxylation is 8. The van der Waals surface area contributed by atoms with Crippen molar-refractivity contribution < 1.29 is 52.2 Å². The number of rotatable bonds is 15. The van der Waals surface area contributed by atoms with Gasteiger partial charge in [0.2, 0.25) is 0 Å². The summed E-state index contributed by atoms with van der Waals surface area (Å²) in [6, 6.07) is 25.3. The zero-order chi connectivity index (χ0) is 58.7. The third kappa shape index (κ3) is 12.2. The van der Waals surface area contributed by atoms with Crippen LogP contribution < -0.4 is 21.3 Å². The van der Waals surface area contributed by atoms with Crippen LogP contribution >= 0.6 is 0 Å². The van der Waals surface area contributed by atoms with E-state index in [1.807, 2.05) is 32.9 Å². The van der Waals surface area contributed by atoms with Gasteiger partial charge in [0.25, 0.3) is 23.6 Å². The Kier molecular flexibility index (Phi) is 16.8. The number of alkyl halides is 3. The van der Waals surface area contributed by atoms with Crippen molar-refractivity contribution in [1.29, 1.82) is 0 Å². The molecular weight excluding hydrogens is 1030 g/mol. The lowest BCUT2D eigenvalue weighted by Gasteiger charge is -2.34. The molecule has 0 bridgehead atoms. The van der Waals surface area contributed by atoms with Gasteiger partial charge in [-0.25, -0.2) is 9.59 Å². The second-order valence-corrected chi connectivity index (χ2v) is 19.7. The number of hydrogen-bond donors (Lipinski definition) is 6. The summed E-state index contributed by atoms with van der Waals surface area (Å²) < 4.78 is 46.9. The zero-order valence-corrected chi connectivity index (χ0v) is 45.7. The van der Waals surface area contributed by atoms with Gasteiger partial charge in [-0.05, 0) is 221 Å². The number of azo groups is 2. The van der Waals surface area contributed by atoms with E-state index >= 15 is 13.2 Å². The van der Waals surface area contributed by atoms with E-state index in [1.165, 1.54) is 43.4 Å². The molecule has 0 aliphatic rings. The fourth-order valence-electron chi connectivity index (χ4n) is 9.33. The molecule has 410 valence electrons. The van der Waals surface area contributed by atoms with E-state index in [2.05, 4.69) is 41.7 Å². The van der Waals surface area contributed by atoms with Crippen molar-refractivity contribution in [2.24, 2.45) is 20.5 Å². The molecule has 0 aliphatic heterocycles. The minimum Gasteiger partial charge on any atom is -0.478 e. The predicted molar refractivity (Wildman–Crippen MR) is 300 cm³/mol. The Bertz CT molecular complexity index is 3700. The van der Waals surface area contributed by atoms with Crippen molar-refractivity contribution in [3.63, 3.8) is 0 Å². The molecule has 0 heterocycles. The van der Waals surface area contributed by atoms with Crippen molar-refractivity contribution in [3.05, 3.63) is 204 Å². The molecule has 7 aromatic carbocycles. The maximum Gasteiger partial charge on any atom is 0.402 e. The topological polar surface area (TPSA) is 240 Å². The van der Waals surface area contributed by atoms with Crippen LogP contribution in [0, 0.1) is 62.3 Å². The molecule has 0 fully saturated rings. The lowest BCUT2D eigenvalue weighted by molar-refractivity contribution is -0.173. The molecule has 6 N–H and O–H groups in total. The van der Waals surface area contributed by atoms with Crippen LogP contribution in [0.2, 0.25) is 0 Å². The highest BCUT2D eigenvalue weighted by Crippen LogP contribution is 2.47. The molecule has 0 spiro atoms. The van der Waals surface area contributed by atoms with Crippen molar-refractivity contribution in [3.8, 4) is 0 Å². The van der Waals surface area contributed by atoms with Gasteiger partial charge in [0.05, 0.1) is 45.0 Å². The fraction of sp³-hybridized carbons (Fsp3) is 0.213. The van der Waals surface area contributed by atoms with E-state index in [-0.39, 0.29) is 27.8 Å². The summed E-state index contributed by atoms with van der Waals surface area (Å²) in [5, 5.41) is 48.1. The number of halogens is 3.